The van der Waals surface area contributed by atoms with Crippen molar-refractivity contribution in [2.24, 2.45) is 0 Å². The van der Waals surface area contributed by atoms with E-state index in [2.05, 4.69) is 21.5 Å². The van der Waals surface area contributed by atoms with Gasteiger partial charge in [-0.2, -0.15) is 8.42 Å². The van der Waals surface area contributed by atoms with E-state index in [4.69, 9.17) is 21.9 Å². The molecule has 1 aliphatic heterocycles. The normalized spacial score (nSPS) is 13.9. The van der Waals surface area contributed by atoms with Gasteiger partial charge in [0.2, 0.25) is 5.91 Å². The Morgan fingerprint density at radius 2 is 1.87 bits per heavy atom. The molecule has 3 heterocycles. The number of amides is 1. The van der Waals surface area contributed by atoms with Crippen LogP contribution >= 0.6 is 22.9 Å². The van der Waals surface area contributed by atoms with Crippen LogP contribution in [0.15, 0.2) is 37.2 Å². The summed E-state index contributed by atoms with van der Waals surface area (Å²) in [4.78, 5) is 28.2. The minimum Gasteiger partial charge on any atom is -0.375 e. The molecule has 5 rings (SSSR count). The molecule has 0 bridgehead atoms. The predicted molar refractivity (Wildman–Crippen MR) is 144 cm³/mol. The van der Waals surface area contributed by atoms with Gasteiger partial charge in [-0.05, 0) is 24.3 Å². The molecule has 0 aliphatic carbocycles. The molecule has 0 spiro atoms. The molecule has 1 aliphatic rings. The van der Waals surface area contributed by atoms with Crippen molar-refractivity contribution >= 4 is 71.0 Å². The Kier molecular flexibility index (Phi) is 7.78. The molecule has 2 aromatic carbocycles. The maximum Gasteiger partial charge on any atom is 0.261 e. The first-order valence-electron chi connectivity index (χ1n) is 11.0. The van der Waals surface area contributed by atoms with Gasteiger partial charge in [0.25, 0.3) is 10.1 Å². The van der Waals surface area contributed by atoms with Crippen molar-refractivity contribution in [2.75, 3.05) is 43.1 Å². The lowest BCUT2D eigenvalue weighted by atomic mass is 10.0. The second-order valence-corrected chi connectivity index (χ2v) is 11.1. The SMILES string of the molecule is C=CC(=O)N1CCN(c2ncnc3c(F)c(-c4ccc(F)c5sc(N)nc45)c(Cl)cc23)CC1.CS(=O)(=O)O. The largest absolute Gasteiger partial charge is 0.375 e. The number of nitrogen functional groups attached to an aromatic ring is 1. The zero-order chi connectivity index (χ0) is 27.8. The highest BCUT2D eigenvalue weighted by molar-refractivity contribution is 7.85. The Hall–Kier alpha value is -3.46. The highest BCUT2D eigenvalue weighted by Crippen LogP contribution is 2.42. The lowest BCUT2D eigenvalue weighted by molar-refractivity contribution is -0.126. The minimum atomic E-state index is -3.67. The molecule has 38 heavy (non-hydrogen) atoms. The molecular weight excluding hydrogens is 562 g/mol. The van der Waals surface area contributed by atoms with Gasteiger partial charge in [0, 0.05) is 42.7 Å². The molecule has 0 radical (unpaired) electrons. The van der Waals surface area contributed by atoms with Crippen molar-refractivity contribution in [3.05, 3.63) is 53.8 Å². The van der Waals surface area contributed by atoms with E-state index in [9.17, 15) is 17.6 Å². The van der Waals surface area contributed by atoms with E-state index in [0.29, 0.717) is 49.2 Å². The van der Waals surface area contributed by atoms with Gasteiger partial charge in [0.05, 0.1) is 21.5 Å². The number of anilines is 2. The van der Waals surface area contributed by atoms with Gasteiger partial charge in [0.15, 0.2) is 10.9 Å². The average molecular weight is 583 g/mol. The zero-order valence-electron chi connectivity index (χ0n) is 19.9. The van der Waals surface area contributed by atoms with Crippen LogP contribution in [0.4, 0.5) is 19.7 Å². The number of aromatic nitrogens is 3. The Bertz CT molecular complexity index is 1670. The molecule has 1 saturated heterocycles. The molecular formula is C23H21ClF2N6O4S2. The van der Waals surface area contributed by atoms with Gasteiger partial charge >= 0.3 is 0 Å². The number of halogens is 3. The standard InChI is InChI=1S/C22H17ClF2N6OS.CH4O3S/c1-2-15(32)30-5-7-31(8-6-30)21-12-9-13(23)16(17(25)18(12)27-10-28-21)11-3-4-14(24)20-19(11)29-22(26)33-20;1-5(2,3)4/h2-4,9-10H,1,5-8H2,(H2,26,29);1H3,(H,2,3,4). The average Bonchev–Trinajstić information content (AvgIpc) is 3.26. The number of carbonyl (C=O) groups excluding carboxylic acids is 1. The van der Waals surface area contributed by atoms with Crippen LogP contribution in [0.1, 0.15) is 0 Å². The van der Waals surface area contributed by atoms with Crippen LogP contribution in [-0.4, -0.2) is 71.2 Å². The number of fused-ring (bicyclic) bond motifs is 2. The number of nitrogens with zero attached hydrogens (tertiary/aromatic N) is 5. The Balaban J connectivity index is 0.000000617. The summed E-state index contributed by atoms with van der Waals surface area (Å²) in [5, 5.41) is 0.742. The molecule has 2 aromatic heterocycles. The fourth-order valence-corrected chi connectivity index (χ4v) is 5.13. The van der Waals surface area contributed by atoms with Crippen molar-refractivity contribution in [1.29, 1.82) is 0 Å². The number of thiazole rings is 1. The maximum absolute atomic E-state index is 15.8. The molecule has 1 fully saturated rings. The van der Waals surface area contributed by atoms with Gasteiger partial charge in [-0.1, -0.05) is 29.5 Å². The van der Waals surface area contributed by atoms with Gasteiger partial charge < -0.3 is 15.5 Å². The fraction of sp³-hybridized carbons (Fsp3) is 0.217. The molecule has 10 nitrogen and oxygen atoms in total. The van der Waals surface area contributed by atoms with Crippen molar-refractivity contribution < 1.29 is 26.5 Å². The second-order valence-electron chi connectivity index (χ2n) is 8.22. The molecule has 1 amide bonds. The molecule has 4 aromatic rings. The summed E-state index contributed by atoms with van der Waals surface area (Å²) >= 11 is 7.54. The molecule has 3 N–H and O–H groups in total. The first-order valence-corrected chi connectivity index (χ1v) is 14.0. The molecule has 0 unspecified atom stereocenters. The van der Waals surface area contributed by atoms with Crippen molar-refractivity contribution in [3.8, 4) is 11.1 Å². The Morgan fingerprint density at radius 1 is 1.21 bits per heavy atom. The van der Waals surface area contributed by atoms with Gasteiger partial charge in [-0.15, -0.1) is 0 Å². The van der Waals surface area contributed by atoms with Crippen molar-refractivity contribution in [3.63, 3.8) is 0 Å². The minimum absolute atomic E-state index is 0.0746. The number of carbonyl (C=O) groups is 1. The maximum atomic E-state index is 15.8. The van der Waals surface area contributed by atoms with Crippen LogP contribution in [0.2, 0.25) is 5.02 Å². The quantitative estimate of drug-likeness (QED) is 0.273. The van der Waals surface area contributed by atoms with Gasteiger partial charge in [-0.3, -0.25) is 9.35 Å². The Morgan fingerprint density at radius 3 is 2.50 bits per heavy atom. The summed E-state index contributed by atoms with van der Waals surface area (Å²) in [6.45, 7) is 5.53. The van der Waals surface area contributed by atoms with E-state index in [-0.39, 0.29) is 37.4 Å². The van der Waals surface area contributed by atoms with Gasteiger partial charge in [-0.25, -0.2) is 23.7 Å². The zero-order valence-corrected chi connectivity index (χ0v) is 22.2. The summed E-state index contributed by atoms with van der Waals surface area (Å²) in [6.07, 6.45) is 3.29. The monoisotopic (exact) mass is 582 g/mol. The second kappa shape index (κ2) is 10.7. The molecule has 200 valence electrons. The van der Waals surface area contributed by atoms with Crippen LogP contribution in [0.3, 0.4) is 0 Å². The summed E-state index contributed by atoms with van der Waals surface area (Å²) in [5.74, 6) is -0.741. The van der Waals surface area contributed by atoms with Gasteiger partial charge in [0.1, 0.15) is 23.5 Å². The highest BCUT2D eigenvalue weighted by Gasteiger charge is 2.25. The van der Waals surface area contributed by atoms with Crippen molar-refractivity contribution in [1.82, 2.24) is 19.9 Å². The number of hydrogen-bond acceptors (Lipinski definition) is 9. The number of piperazine rings is 1. The fourth-order valence-electron chi connectivity index (χ4n) is 4.08. The Labute approximate surface area is 225 Å². The summed E-state index contributed by atoms with van der Waals surface area (Å²) < 4.78 is 56.1. The third kappa shape index (κ3) is 5.67. The summed E-state index contributed by atoms with van der Waals surface area (Å²) in [7, 11) is -3.67. The lowest BCUT2D eigenvalue weighted by Crippen LogP contribution is -2.48. The van der Waals surface area contributed by atoms with Crippen LogP contribution in [0.5, 0.6) is 0 Å². The van der Waals surface area contributed by atoms with E-state index in [0.717, 1.165) is 11.3 Å². The number of nitrogens with two attached hydrogens (primary N) is 1. The van der Waals surface area contributed by atoms with E-state index < -0.39 is 21.8 Å². The molecule has 0 atom stereocenters. The molecule has 15 heteroatoms. The number of benzene rings is 2. The highest BCUT2D eigenvalue weighted by atomic mass is 35.5. The van der Waals surface area contributed by atoms with E-state index in [1.807, 2.05) is 4.90 Å². The third-order valence-electron chi connectivity index (χ3n) is 5.65. The third-order valence-corrected chi connectivity index (χ3v) is 6.84. The predicted octanol–water partition coefficient (Wildman–Crippen LogP) is 3.76. The summed E-state index contributed by atoms with van der Waals surface area (Å²) in [6, 6.07) is 4.28. The van der Waals surface area contributed by atoms with Crippen LogP contribution in [0.25, 0.3) is 32.2 Å². The number of hydrogen-bond donors (Lipinski definition) is 2. The van der Waals surface area contributed by atoms with E-state index in [1.54, 1.807) is 11.0 Å². The van der Waals surface area contributed by atoms with Crippen LogP contribution in [0, 0.1) is 11.6 Å². The smallest absolute Gasteiger partial charge is 0.261 e. The van der Waals surface area contributed by atoms with E-state index >= 15 is 4.39 Å². The number of rotatable bonds is 3. The van der Waals surface area contributed by atoms with Crippen LogP contribution in [-0.2, 0) is 14.9 Å². The first kappa shape index (κ1) is 27.6. The lowest BCUT2D eigenvalue weighted by Gasteiger charge is -2.35. The topological polar surface area (TPSA) is 143 Å². The molecule has 0 saturated carbocycles. The van der Waals surface area contributed by atoms with Crippen molar-refractivity contribution in [2.45, 2.75) is 0 Å². The summed E-state index contributed by atoms with van der Waals surface area (Å²) in [5.41, 5.74) is 6.51. The van der Waals surface area contributed by atoms with Crippen LogP contribution < -0.4 is 10.6 Å². The van der Waals surface area contributed by atoms with E-state index in [1.165, 1.54) is 24.5 Å². The first-order chi connectivity index (χ1) is 17.9.